The van der Waals surface area contributed by atoms with Gasteiger partial charge in [0.05, 0.1) is 12.7 Å². The van der Waals surface area contributed by atoms with Crippen molar-refractivity contribution in [3.05, 3.63) is 59.7 Å². The lowest BCUT2D eigenvalue weighted by molar-refractivity contribution is 0.102. The average Bonchev–Trinajstić information content (AvgIpc) is 2.55. The zero-order valence-electron chi connectivity index (χ0n) is 12.4. The molecule has 0 aliphatic carbocycles. The number of hydrogen-bond acceptors (Lipinski definition) is 4. The molecule has 1 amide bonds. The van der Waals surface area contributed by atoms with Crippen LogP contribution in [0.4, 0.5) is 11.4 Å². The fourth-order valence-corrected chi connectivity index (χ4v) is 2.00. The quantitative estimate of drug-likeness (QED) is 0.658. The number of carbonyl (C=O) groups excluding carboxylic acids is 1. The Bertz CT molecular complexity index is 629. The standard InChI is InChI=1S/C17H20N2O3/c1-12-9-14(18-10-15(21)11-20)7-8-16(12)19-17(22)13-5-3-2-4-6-13/h2-9,15,18,20-21H,10-11H2,1H3,(H,19,22). The number of carbonyl (C=O) groups is 1. The second-order valence-electron chi connectivity index (χ2n) is 5.07. The molecule has 4 N–H and O–H groups in total. The Morgan fingerprint density at radius 2 is 1.91 bits per heavy atom. The van der Waals surface area contributed by atoms with Gasteiger partial charge in [0.15, 0.2) is 0 Å². The van der Waals surface area contributed by atoms with E-state index in [2.05, 4.69) is 10.6 Å². The van der Waals surface area contributed by atoms with Gasteiger partial charge in [-0.2, -0.15) is 0 Å². The predicted octanol–water partition coefficient (Wildman–Crippen LogP) is 2.01. The molecule has 2 rings (SSSR count). The minimum absolute atomic E-state index is 0.153. The largest absolute Gasteiger partial charge is 0.394 e. The van der Waals surface area contributed by atoms with Crippen LogP contribution in [-0.2, 0) is 0 Å². The van der Waals surface area contributed by atoms with Crippen molar-refractivity contribution >= 4 is 17.3 Å². The van der Waals surface area contributed by atoms with E-state index < -0.39 is 6.10 Å². The molecule has 0 fully saturated rings. The molecule has 0 radical (unpaired) electrons. The van der Waals surface area contributed by atoms with Crippen LogP contribution in [0.5, 0.6) is 0 Å². The minimum atomic E-state index is -0.794. The van der Waals surface area contributed by atoms with Gasteiger partial charge in [-0.25, -0.2) is 0 Å². The Labute approximate surface area is 129 Å². The Morgan fingerprint density at radius 1 is 1.18 bits per heavy atom. The van der Waals surface area contributed by atoms with E-state index in [0.717, 1.165) is 16.9 Å². The third-order valence-corrected chi connectivity index (χ3v) is 3.26. The zero-order valence-corrected chi connectivity index (χ0v) is 12.4. The minimum Gasteiger partial charge on any atom is -0.394 e. The van der Waals surface area contributed by atoms with Gasteiger partial charge in [0.2, 0.25) is 0 Å². The maximum Gasteiger partial charge on any atom is 0.255 e. The molecular weight excluding hydrogens is 280 g/mol. The molecule has 22 heavy (non-hydrogen) atoms. The van der Waals surface area contributed by atoms with Crippen LogP contribution >= 0.6 is 0 Å². The number of nitrogens with one attached hydrogen (secondary N) is 2. The maximum atomic E-state index is 12.1. The van der Waals surface area contributed by atoms with Crippen molar-refractivity contribution in [2.75, 3.05) is 23.8 Å². The number of anilines is 2. The smallest absolute Gasteiger partial charge is 0.255 e. The molecule has 0 bridgehead atoms. The zero-order chi connectivity index (χ0) is 15.9. The molecule has 1 atom stereocenters. The highest BCUT2D eigenvalue weighted by atomic mass is 16.3. The van der Waals surface area contributed by atoms with Gasteiger partial charge in [0.1, 0.15) is 0 Å². The fourth-order valence-electron chi connectivity index (χ4n) is 2.00. The van der Waals surface area contributed by atoms with E-state index in [1.807, 2.05) is 43.3 Å². The van der Waals surface area contributed by atoms with E-state index in [9.17, 15) is 9.90 Å². The summed E-state index contributed by atoms with van der Waals surface area (Å²) in [6.07, 6.45) is -0.794. The first-order valence-corrected chi connectivity index (χ1v) is 7.10. The van der Waals surface area contributed by atoms with Crippen molar-refractivity contribution in [2.45, 2.75) is 13.0 Å². The topological polar surface area (TPSA) is 81.6 Å². The molecule has 116 valence electrons. The van der Waals surface area contributed by atoms with Gasteiger partial charge >= 0.3 is 0 Å². The first-order valence-electron chi connectivity index (χ1n) is 7.10. The summed E-state index contributed by atoms with van der Waals surface area (Å²) in [7, 11) is 0. The van der Waals surface area contributed by atoms with Crippen LogP contribution in [-0.4, -0.2) is 35.4 Å². The van der Waals surface area contributed by atoms with E-state index in [1.54, 1.807) is 12.1 Å². The second kappa shape index (κ2) is 7.59. The monoisotopic (exact) mass is 300 g/mol. The lowest BCUT2D eigenvalue weighted by Crippen LogP contribution is -2.23. The molecule has 5 heteroatoms. The molecule has 0 aromatic heterocycles. The van der Waals surface area contributed by atoms with E-state index >= 15 is 0 Å². The van der Waals surface area contributed by atoms with Crippen molar-refractivity contribution in [1.82, 2.24) is 0 Å². The molecule has 1 unspecified atom stereocenters. The van der Waals surface area contributed by atoms with E-state index in [1.165, 1.54) is 0 Å². The molecular formula is C17H20N2O3. The molecule has 0 aliphatic heterocycles. The highest BCUT2D eigenvalue weighted by Gasteiger charge is 2.08. The number of hydrogen-bond donors (Lipinski definition) is 4. The van der Waals surface area contributed by atoms with Crippen LogP contribution in [0.25, 0.3) is 0 Å². The van der Waals surface area contributed by atoms with Gasteiger partial charge in [-0.3, -0.25) is 4.79 Å². The van der Waals surface area contributed by atoms with Crippen LogP contribution in [0.15, 0.2) is 48.5 Å². The summed E-state index contributed by atoms with van der Waals surface area (Å²) in [6, 6.07) is 14.5. The molecule has 0 heterocycles. The van der Waals surface area contributed by atoms with Gasteiger partial charge in [0, 0.05) is 23.5 Å². The van der Waals surface area contributed by atoms with E-state index in [-0.39, 0.29) is 19.1 Å². The fraction of sp³-hybridized carbons (Fsp3) is 0.235. The van der Waals surface area contributed by atoms with Crippen molar-refractivity contribution in [1.29, 1.82) is 0 Å². The summed E-state index contributed by atoms with van der Waals surface area (Å²) in [6.45, 7) is 1.89. The third kappa shape index (κ3) is 4.31. The first kappa shape index (κ1) is 16.0. The lowest BCUT2D eigenvalue weighted by Gasteiger charge is -2.13. The first-order chi connectivity index (χ1) is 10.6. The number of aliphatic hydroxyl groups is 2. The van der Waals surface area contributed by atoms with Crippen molar-refractivity contribution in [3.63, 3.8) is 0 Å². The number of amides is 1. The van der Waals surface area contributed by atoms with Gasteiger partial charge in [0.25, 0.3) is 5.91 Å². The van der Waals surface area contributed by atoms with Gasteiger partial charge in [-0.05, 0) is 42.8 Å². The molecule has 0 spiro atoms. The average molecular weight is 300 g/mol. The van der Waals surface area contributed by atoms with E-state index in [0.29, 0.717) is 5.56 Å². The highest BCUT2D eigenvalue weighted by molar-refractivity contribution is 6.04. The summed E-state index contributed by atoms with van der Waals surface area (Å²) < 4.78 is 0. The molecule has 0 aliphatic rings. The van der Waals surface area contributed by atoms with Crippen molar-refractivity contribution in [3.8, 4) is 0 Å². The Kier molecular flexibility index (Phi) is 5.52. The molecule has 0 saturated carbocycles. The molecule has 2 aromatic carbocycles. The summed E-state index contributed by atoms with van der Waals surface area (Å²) in [5.41, 5.74) is 3.08. The Morgan fingerprint density at radius 3 is 2.55 bits per heavy atom. The number of rotatable bonds is 6. The van der Waals surface area contributed by atoms with Crippen LogP contribution in [0.3, 0.4) is 0 Å². The number of aliphatic hydroxyl groups excluding tert-OH is 2. The Hall–Kier alpha value is -2.37. The highest BCUT2D eigenvalue weighted by Crippen LogP contribution is 2.20. The van der Waals surface area contributed by atoms with Crippen LogP contribution in [0, 0.1) is 6.92 Å². The van der Waals surface area contributed by atoms with Crippen LogP contribution in [0.1, 0.15) is 15.9 Å². The van der Waals surface area contributed by atoms with Crippen molar-refractivity contribution in [2.24, 2.45) is 0 Å². The lowest BCUT2D eigenvalue weighted by atomic mass is 10.1. The summed E-state index contributed by atoms with van der Waals surface area (Å²) in [5.74, 6) is -0.153. The number of aryl methyl sites for hydroxylation is 1. The molecule has 2 aromatic rings. The van der Waals surface area contributed by atoms with E-state index in [4.69, 9.17) is 5.11 Å². The SMILES string of the molecule is Cc1cc(NCC(O)CO)ccc1NC(=O)c1ccccc1. The van der Waals surface area contributed by atoms with Gasteiger partial charge in [-0.15, -0.1) is 0 Å². The van der Waals surface area contributed by atoms with Crippen molar-refractivity contribution < 1.29 is 15.0 Å². The molecule has 5 nitrogen and oxygen atoms in total. The normalized spacial score (nSPS) is 11.8. The predicted molar refractivity (Wildman–Crippen MR) is 87.2 cm³/mol. The van der Waals surface area contributed by atoms with Crippen LogP contribution < -0.4 is 10.6 Å². The van der Waals surface area contributed by atoms with Gasteiger partial charge < -0.3 is 20.8 Å². The maximum absolute atomic E-state index is 12.1. The van der Waals surface area contributed by atoms with Gasteiger partial charge in [-0.1, -0.05) is 18.2 Å². The Balaban J connectivity index is 2.02. The van der Waals surface area contributed by atoms with Crippen LogP contribution in [0.2, 0.25) is 0 Å². The summed E-state index contributed by atoms with van der Waals surface area (Å²) in [4.78, 5) is 12.1. The second-order valence-corrected chi connectivity index (χ2v) is 5.07. The molecule has 0 saturated heterocycles. The summed E-state index contributed by atoms with van der Waals surface area (Å²) in [5, 5.41) is 24.0. The summed E-state index contributed by atoms with van der Waals surface area (Å²) >= 11 is 0. The third-order valence-electron chi connectivity index (χ3n) is 3.26. The number of benzene rings is 2.